The molecule has 0 unspecified atom stereocenters. The molecule has 0 aliphatic carbocycles. The highest BCUT2D eigenvalue weighted by atomic mass is 16.6. The van der Waals surface area contributed by atoms with Gasteiger partial charge in [-0.2, -0.15) is 15.3 Å². The van der Waals surface area contributed by atoms with E-state index < -0.39 is 17.9 Å². The van der Waals surface area contributed by atoms with Gasteiger partial charge in [-0.15, -0.1) is 15.3 Å². The first kappa shape index (κ1) is 78.1. The Bertz CT molecular complexity index is 3210. The van der Waals surface area contributed by atoms with Crippen molar-refractivity contribution in [1.82, 2.24) is 70.5 Å². The SMILES string of the molecule is CCC(=O)Oc1ccc(C)nn1.CCC(=O)Oc1cnc(C)nc1.CCC(=O)c1ccc(C)nn1.CCC(=O)c1cnc(C)nc1.CCc1ccc(C(=O)OC)nn1.CCc1cnc(C(=O)OC)nc1.COC(=O)c1ccc(C)[nH]1.COC(=O)c1ccc(C)cn1. The fourth-order valence-corrected chi connectivity index (χ4v) is 5.66. The molecule has 8 aromatic rings. The molecule has 484 valence electrons. The summed E-state index contributed by atoms with van der Waals surface area (Å²) in [6.07, 6.45) is 14.3. The van der Waals surface area contributed by atoms with Crippen LogP contribution in [0.1, 0.15) is 176 Å². The van der Waals surface area contributed by atoms with Gasteiger partial charge in [-0.3, -0.25) is 19.2 Å². The van der Waals surface area contributed by atoms with Crippen LogP contribution in [0.2, 0.25) is 0 Å². The van der Waals surface area contributed by atoms with E-state index in [-0.39, 0.29) is 46.9 Å². The molecule has 1 N–H and O–H groups in total. The third-order valence-electron chi connectivity index (χ3n) is 10.9. The number of aromatic nitrogens is 14. The number of esters is 6. The minimum atomic E-state index is -0.502. The van der Waals surface area contributed by atoms with Crippen LogP contribution in [0.15, 0.2) is 104 Å². The molecule has 0 fully saturated rings. The molecule has 8 heterocycles. The number of carbonyl (C=O) groups excluding carboxylic acids is 8. The molecular formula is C63H78N14O14. The molecule has 0 saturated carbocycles. The maximum absolute atomic E-state index is 11.0. The molecular weight excluding hydrogens is 1180 g/mol. The zero-order valence-electron chi connectivity index (χ0n) is 54.1. The lowest BCUT2D eigenvalue weighted by molar-refractivity contribution is -0.135. The van der Waals surface area contributed by atoms with E-state index in [2.05, 4.69) is 89.4 Å². The molecule has 91 heavy (non-hydrogen) atoms. The first-order chi connectivity index (χ1) is 43.4. The summed E-state index contributed by atoms with van der Waals surface area (Å²) in [5.41, 5.74) is 7.62. The molecule has 0 aliphatic rings. The summed E-state index contributed by atoms with van der Waals surface area (Å²) < 4.78 is 27.5. The molecule has 0 amide bonds. The predicted octanol–water partition coefficient (Wildman–Crippen LogP) is 8.89. The van der Waals surface area contributed by atoms with Crippen LogP contribution in [0.25, 0.3) is 0 Å². The number of rotatable bonds is 14. The summed E-state index contributed by atoms with van der Waals surface area (Å²) in [4.78, 5) is 117. The van der Waals surface area contributed by atoms with Crippen molar-refractivity contribution < 1.29 is 66.8 Å². The summed E-state index contributed by atoms with van der Waals surface area (Å²) in [7, 11) is 5.32. The number of methoxy groups -OCH3 is 4. The summed E-state index contributed by atoms with van der Waals surface area (Å²) in [6, 6.07) is 17.2. The molecule has 0 aliphatic heterocycles. The number of ether oxygens (including phenoxy) is 6. The van der Waals surface area contributed by atoms with Crippen LogP contribution >= 0.6 is 0 Å². The Kier molecular flexibility index (Phi) is 38.2. The van der Waals surface area contributed by atoms with E-state index in [9.17, 15) is 38.4 Å². The monoisotopic (exact) mass is 1250 g/mol. The van der Waals surface area contributed by atoms with E-state index in [4.69, 9.17) is 9.47 Å². The number of H-pyrrole nitrogens is 1. The smallest absolute Gasteiger partial charge is 0.376 e. The van der Waals surface area contributed by atoms with Crippen LogP contribution in [-0.2, 0) is 41.4 Å². The number of carbonyl (C=O) groups is 8. The van der Waals surface area contributed by atoms with Crippen molar-refractivity contribution >= 4 is 47.4 Å². The van der Waals surface area contributed by atoms with Gasteiger partial charge in [0.2, 0.25) is 11.7 Å². The van der Waals surface area contributed by atoms with Gasteiger partial charge < -0.3 is 33.4 Å². The van der Waals surface area contributed by atoms with Crippen LogP contribution in [0.5, 0.6) is 11.6 Å². The zero-order valence-corrected chi connectivity index (χ0v) is 54.1. The molecule has 0 atom stereocenters. The molecule has 8 rings (SSSR count). The average Bonchev–Trinajstić information content (AvgIpc) is 4.22. The van der Waals surface area contributed by atoms with Crippen molar-refractivity contribution in [2.24, 2.45) is 0 Å². The molecule has 0 radical (unpaired) electrons. The van der Waals surface area contributed by atoms with Gasteiger partial charge in [0.05, 0.1) is 63.5 Å². The number of hydrogen-bond donors (Lipinski definition) is 1. The Hall–Kier alpha value is -10.9. The number of nitrogens with zero attached hydrogens (tertiary/aromatic N) is 13. The molecule has 0 spiro atoms. The lowest BCUT2D eigenvalue weighted by Crippen LogP contribution is -2.07. The van der Waals surface area contributed by atoms with Crippen molar-refractivity contribution in [2.45, 2.75) is 122 Å². The quantitative estimate of drug-likeness (QED) is 0.0603. The summed E-state index contributed by atoms with van der Waals surface area (Å²) in [5, 5.41) is 22.5. The van der Waals surface area contributed by atoms with E-state index in [1.54, 1.807) is 107 Å². The Balaban J connectivity index is 0.000000520. The highest BCUT2D eigenvalue weighted by molar-refractivity contribution is 5.95. The van der Waals surface area contributed by atoms with Crippen molar-refractivity contribution in [3.63, 3.8) is 0 Å². The van der Waals surface area contributed by atoms with Crippen LogP contribution in [0, 0.1) is 41.5 Å². The largest absolute Gasteiger partial charge is 0.464 e. The Morgan fingerprint density at radius 1 is 0.407 bits per heavy atom. The average molecular weight is 1260 g/mol. The molecule has 0 bridgehead atoms. The number of pyridine rings is 1. The number of aromatic amines is 1. The normalized spacial score (nSPS) is 9.49. The van der Waals surface area contributed by atoms with Gasteiger partial charge in [0, 0.05) is 68.4 Å². The number of hydrogen-bond acceptors (Lipinski definition) is 27. The number of aryl methyl sites for hydroxylation is 8. The van der Waals surface area contributed by atoms with Crippen LogP contribution in [0.3, 0.4) is 0 Å². The zero-order chi connectivity index (χ0) is 68.3. The highest BCUT2D eigenvalue weighted by Gasteiger charge is 2.10. The minimum absolute atomic E-state index is 0.0394. The Labute approximate surface area is 528 Å². The predicted molar refractivity (Wildman–Crippen MR) is 331 cm³/mol. The standard InChI is InChI=1S/4C8H10N2O2.2C8H10N2O.C8H9NO2.C7H9NO2/c1-3-6-4-9-7(10-5-6)8(11)12-2;1-3-8(11)12-7-4-9-6(2)10-5-7;1-3-6-4-5-7(10-9-6)8(11)12-2;1-3-8(11)12-7-5-4-6(2)9-10-7;1-3-8(11)7-4-9-6(2)10-5-7;1-3-8(11)7-5-4-6(2)9-10-7;1-6-3-4-7(9-5-6)8(10)11-2;1-5-3-4-6(8-5)7(9)10-2/h4*4-5H,3H2,1-2H3;2*4-5H,3H2,1-2H3;3-5H,1-2H3;3-4,8H,1-2H3. The molecule has 8 aromatic heterocycles. The number of ketones is 2. The molecule has 0 aromatic carbocycles. The van der Waals surface area contributed by atoms with E-state index >= 15 is 0 Å². The Morgan fingerprint density at radius 3 is 1.34 bits per heavy atom. The third kappa shape index (κ3) is 32.6. The first-order valence-corrected chi connectivity index (χ1v) is 28.2. The van der Waals surface area contributed by atoms with Crippen molar-refractivity contribution in [2.75, 3.05) is 28.4 Å². The molecule has 0 saturated heterocycles. The van der Waals surface area contributed by atoms with E-state index in [0.29, 0.717) is 65.7 Å². The molecule has 28 nitrogen and oxygen atoms in total. The lowest BCUT2D eigenvalue weighted by atomic mass is 10.2. The second-order valence-electron chi connectivity index (χ2n) is 18.0. The number of nitrogens with one attached hydrogen (secondary N) is 1. The second-order valence-corrected chi connectivity index (χ2v) is 18.0. The first-order valence-electron chi connectivity index (χ1n) is 28.2. The van der Waals surface area contributed by atoms with Gasteiger partial charge in [-0.1, -0.05) is 47.6 Å². The van der Waals surface area contributed by atoms with Gasteiger partial charge in [-0.05, 0) is 114 Å². The summed E-state index contributed by atoms with van der Waals surface area (Å²) in [5.74, 6) is -0.0161. The maximum Gasteiger partial charge on any atom is 0.376 e. The van der Waals surface area contributed by atoms with Crippen molar-refractivity contribution in [3.8, 4) is 11.6 Å². The fourth-order valence-electron chi connectivity index (χ4n) is 5.66. The Morgan fingerprint density at radius 2 is 0.912 bits per heavy atom. The van der Waals surface area contributed by atoms with Crippen LogP contribution < -0.4 is 9.47 Å². The molecule has 28 heteroatoms. The number of Topliss-reactive ketones (excluding diaryl/α,β-unsaturated/α-hetero) is 2. The third-order valence-corrected chi connectivity index (χ3v) is 10.9. The topological polar surface area (TPSA) is 375 Å². The highest BCUT2D eigenvalue weighted by Crippen LogP contribution is 2.08. The van der Waals surface area contributed by atoms with E-state index in [1.165, 1.54) is 40.8 Å². The maximum atomic E-state index is 11.0. The lowest BCUT2D eigenvalue weighted by Gasteiger charge is -2.00. The van der Waals surface area contributed by atoms with Gasteiger partial charge in [-0.25, -0.2) is 54.1 Å². The van der Waals surface area contributed by atoms with E-state index in [1.807, 2.05) is 67.5 Å². The van der Waals surface area contributed by atoms with Crippen molar-refractivity contribution in [1.29, 1.82) is 0 Å². The van der Waals surface area contributed by atoms with E-state index in [0.717, 1.165) is 46.7 Å². The fraction of sp³-hybridized carbons (Fsp3) is 0.349. The van der Waals surface area contributed by atoms with Crippen LogP contribution in [0.4, 0.5) is 0 Å². The van der Waals surface area contributed by atoms with Gasteiger partial charge >= 0.3 is 35.8 Å². The summed E-state index contributed by atoms with van der Waals surface area (Å²) in [6.45, 7) is 22.1. The summed E-state index contributed by atoms with van der Waals surface area (Å²) >= 11 is 0. The van der Waals surface area contributed by atoms with Gasteiger partial charge in [0.1, 0.15) is 28.7 Å². The minimum Gasteiger partial charge on any atom is -0.464 e. The second kappa shape index (κ2) is 44.5. The van der Waals surface area contributed by atoms with Crippen molar-refractivity contribution in [3.05, 3.63) is 184 Å². The van der Waals surface area contributed by atoms with Gasteiger partial charge in [0.15, 0.2) is 23.0 Å². The van der Waals surface area contributed by atoms with Crippen LogP contribution in [-0.4, -0.2) is 146 Å². The van der Waals surface area contributed by atoms with Gasteiger partial charge in [0.25, 0.3) is 0 Å².